The summed E-state index contributed by atoms with van der Waals surface area (Å²) in [5.74, 6) is 1.26. The summed E-state index contributed by atoms with van der Waals surface area (Å²) in [5, 5.41) is 6.74. The Hall–Kier alpha value is -0.946. The quantitative estimate of drug-likeness (QED) is 0.453. The van der Waals surface area contributed by atoms with Gasteiger partial charge in [0.15, 0.2) is 0 Å². The summed E-state index contributed by atoms with van der Waals surface area (Å²) in [7, 11) is -3.20. The Balaban J connectivity index is 1.76. The van der Waals surface area contributed by atoms with E-state index in [2.05, 4.69) is 101 Å². The summed E-state index contributed by atoms with van der Waals surface area (Å²) >= 11 is 4.13. The molecule has 2 aliphatic heterocycles. The van der Waals surface area contributed by atoms with E-state index in [1.807, 2.05) is 0 Å². The lowest BCUT2D eigenvalue weighted by molar-refractivity contribution is 0.890. The zero-order chi connectivity index (χ0) is 20.2. The van der Waals surface area contributed by atoms with Crippen LogP contribution in [-0.4, -0.2) is 16.1 Å². The molecule has 0 fully saturated rings. The molecule has 0 spiro atoms. The molecule has 4 heteroatoms. The maximum Gasteiger partial charge on any atom is 0.115 e. The van der Waals surface area contributed by atoms with Gasteiger partial charge in [-0.15, -0.1) is 22.7 Å². The van der Waals surface area contributed by atoms with Crippen LogP contribution < -0.4 is 20.7 Å². The molecule has 2 aromatic heterocycles. The number of hydrogen-bond donors (Lipinski definition) is 0. The predicted octanol–water partition coefficient (Wildman–Crippen LogP) is 5.66. The number of fused-ring (bicyclic) bond motifs is 6. The molecule has 0 N–H and O–H groups in total. The smallest absolute Gasteiger partial charge is 0.115 e. The minimum atomic E-state index is -1.60. The maximum absolute atomic E-state index is 2.64. The Morgan fingerprint density at radius 1 is 0.571 bits per heavy atom. The van der Waals surface area contributed by atoms with E-state index in [1.165, 1.54) is 0 Å². The number of thiophene rings is 2. The number of benzene rings is 1. The van der Waals surface area contributed by atoms with E-state index >= 15 is 0 Å². The van der Waals surface area contributed by atoms with Crippen molar-refractivity contribution in [3.05, 3.63) is 34.0 Å². The first-order valence-corrected chi connectivity index (χ1v) is 18.1. The fourth-order valence-corrected chi connectivity index (χ4v) is 15.2. The summed E-state index contributed by atoms with van der Waals surface area (Å²) in [5.41, 5.74) is 3.17. The molecule has 0 saturated carbocycles. The minimum Gasteiger partial charge on any atom is -0.140 e. The molecule has 0 atom stereocenters. The van der Waals surface area contributed by atoms with Gasteiger partial charge in [0, 0.05) is 19.5 Å². The van der Waals surface area contributed by atoms with Gasteiger partial charge in [-0.1, -0.05) is 66.0 Å². The van der Waals surface area contributed by atoms with Crippen molar-refractivity contribution >= 4 is 59.6 Å². The second kappa shape index (κ2) is 5.81. The molecule has 0 radical (unpaired) electrons. The summed E-state index contributed by atoms with van der Waals surface area (Å²) < 4.78 is 0. The molecule has 0 saturated heterocycles. The van der Waals surface area contributed by atoms with Gasteiger partial charge in [0.1, 0.15) is 16.1 Å². The first-order valence-electron chi connectivity index (χ1n) is 10.5. The SMILES string of the molecule is CC(C)c1cc2c(s1)-c1cc3c(cc1[Si]2(C)C)-c1sc(C(C)C)cc1[Si]3(C)C. The van der Waals surface area contributed by atoms with Crippen LogP contribution in [0.4, 0.5) is 0 Å². The van der Waals surface area contributed by atoms with Gasteiger partial charge in [-0.3, -0.25) is 0 Å². The van der Waals surface area contributed by atoms with Gasteiger partial charge in [-0.2, -0.15) is 0 Å². The summed E-state index contributed by atoms with van der Waals surface area (Å²) in [6.07, 6.45) is 0. The van der Waals surface area contributed by atoms with Crippen molar-refractivity contribution in [2.45, 2.75) is 65.7 Å². The predicted molar refractivity (Wildman–Crippen MR) is 135 cm³/mol. The van der Waals surface area contributed by atoms with Crippen molar-refractivity contribution in [1.29, 1.82) is 0 Å². The third kappa shape index (κ3) is 2.32. The monoisotopic (exact) mass is 438 g/mol. The van der Waals surface area contributed by atoms with Crippen molar-refractivity contribution in [2.75, 3.05) is 0 Å². The topological polar surface area (TPSA) is 0 Å². The molecule has 5 rings (SSSR count). The van der Waals surface area contributed by atoms with Gasteiger partial charge >= 0.3 is 0 Å². The fourth-order valence-electron chi connectivity index (χ4n) is 5.02. The molecule has 146 valence electrons. The van der Waals surface area contributed by atoms with Crippen LogP contribution in [0, 0.1) is 0 Å². The molecule has 1 aromatic carbocycles. The Morgan fingerprint density at radius 2 is 0.929 bits per heavy atom. The van der Waals surface area contributed by atoms with Crippen LogP contribution in [0.15, 0.2) is 24.3 Å². The molecular weight excluding hydrogens is 409 g/mol. The van der Waals surface area contributed by atoms with E-state index in [0.29, 0.717) is 11.8 Å². The van der Waals surface area contributed by atoms with E-state index in [9.17, 15) is 0 Å². The third-order valence-corrected chi connectivity index (χ3v) is 17.3. The lowest BCUT2D eigenvalue weighted by Gasteiger charge is -2.22. The van der Waals surface area contributed by atoms with Crippen molar-refractivity contribution in [3.63, 3.8) is 0 Å². The largest absolute Gasteiger partial charge is 0.140 e. The molecule has 0 amide bonds. The zero-order valence-electron chi connectivity index (χ0n) is 18.3. The third-order valence-electron chi connectivity index (χ3n) is 6.98. The highest BCUT2D eigenvalue weighted by molar-refractivity contribution is 7.22. The molecule has 4 heterocycles. The van der Waals surface area contributed by atoms with Gasteiger partial charge in [0.05, 0.1) is 0 Å². The minimum absolute atomic E-state index is 0.630. The summed E-state index contributed by atoms with van der Waals surface area (Å²) in [6.45, 7) is 19.6. The van der Waals surface area contributed by atoms with Gasteiger partial charge in [-0.25, -0.2) is 0 Å². The van der Waals surface area contributed by atoms with E-state index in [0.717, 1.165) is 0 Å². The number of hydrogen-bond acceptors (Lipinski definition) is 2. The normalized spacial score (nSPS) is 17.8. The Bertz CT molecular complexity index is 1040. The van der Waals surface area contributed by atoms with Crippen LogP contribution in [-0.2, 0) is 0 Å². The average molecular weight is 439 g/mol. The molecule has 0 aliphatic carbocycles. The standard InChI is InChI=1S/C24H30S2Si2/c1-13(2)17-11-21-23(25-17)15-9-20-16(10-19(15)27(21,5)6)24-22(28(20,7)8)12-18(26-24)14(3)4/h9-14H,1-8H3. The Kier molecular flexibility index (Phi) is 3.95. The van der Waals surface area contributed by atoms with Crippen molar-refractivity contribution < 1.29 is 0 Å². The van der Waals surface area contributed by atoms with Crippen LogP contribution in [0.2, 0.25) is 26.2 Å². The molecular formula is C24H30S2Si2. The molecule has 3 aromatic rings. The summed E-state index contributed by atoms with van der Waals surface area (Å²) in [4.78, 5) is 6.32. The fraction of sp³-hybridized carbons (Fsp3) is 0.417. The lowest BCUT2D eigenvalue weighted by atomic mass is 10.1. The van der Waals surface area contributed by atoms with E-state index in [-0.39, 0.29) is 0 Å². The van der Waals surface area contributed by atoms with E-state index in [1.54, 1.807) is 51.4 Å². The van der Waals surface area contributed by atoms with E-state index < -0.39 is 16.1 Å². The van der Waals surface area contributed by atoms with Crippen LogP contribution in [0.3, 0.4) is 0 Å². The van der Waals surface area contributed by atoms with E-state index in [4.69, 9.17) is 0 Å². The molecule has 0 unspecified atom stereocenters. The highest BCUT2D eigenvalue weighted by Gasteiger charge is 2.45. The highest BCUT2D eigenvalue weighted by Crippen LogP contribution is 2.41. The molecule has 0 bridgehead atoms. The van der Waals surface area contributed by atoms with Gasteiger partial charge in [0.25, 0.3) is 0 Å². The Labute approximate surface area is 179 Å². The Morgan fingerprint density at radius 3 is 1.25 bits per heavy atom. The first kappa shape index (κ1) is 19.0. The van der Waals surface area contributed by atoms with Crippen LogP contribution in [0.1, 0.15) is 49.3 Å². The van der Waals surface area contributed by atoms with Gasteiger partial charge in [0.2, 0.25) is 0 Å². The zero-order valence-corrected chi connectivity index (χ0v) is 21.9. The molecule has 28 heavy (non-hydrogen) atoms. The average Bonchev–Trinajstić information content (AvgIpc) is 3.32. The maximum atomic E-state index is 2.64. The highest BCUT2D eigenvalue weighted by atomic mass is 32.1. The van der Waals surface area contributed by atoms with Crippen molar-refractivity contribution in [2.24, 2.45) is 0 Å². The molecule has 2 aliphatic rings. The first-order chi connectivity index (χ1) is 13.0. The number of rotatable bonds is 2. The second-order valence-electron chi connectivity index (χ2n) is 10.3. The molecule has 0 nitrogen and oxygen atoms in total. The van der Waals surface area contributed by atoms with Crippen molar-refractivity contribution in [1.82, 2.24) is 0 Å². The lowest BCUT2D eigenvalue weighted by Crippen LogP contribution is -2.51. The van der Waals surface area contributed by atoms with Crippen LogP contribution in [0.5, 0.6) is 0 Å². The van der Waals surface area contributed by atoms with Gasteiger partial charge in [-0.05, 0) is 55.8 Å². The van der Waals surface area contributed by atoms with Crippen LogP contribution >= 0.6 is 22.7 Å². The van der Waals surface area contributed by atoms with Crippen LogP contribution in [0.25, 0.3) is 20.9 Å². The van der Waals surface area contributed by atoms with Gasteiger partial charge < -0.3 is 0 Å². The summed E-state index contributed by atoms with van der Waals surface area (Å²) in [6, 6.07) is 10.4. The van der Waals surface area contributed by atoms with Crippen molar-refractivity contribution in [3.8, 4) is 20.9 Å². The second-order valence-corrected chi connectivity index (χ2v) is 21.1.